The van der Waals surface area contributed by atoms with Crippen molar-refractivity contribution < 1.29 is 4.48 Å². The van der Waals surface area contributed by atoms with Crippen LogP contribution in [0.15, 0.2) is 48.5 Å². The maximum atomic E-state index is 13.7. The van der Waals surface area contributed by atoms with Crippen molar-refractivity contribution in [2.45, 2.75) is 13.8 Å². The van der Waals surface area contributed by atoms with Gasteiger partial charge >= 0.3 is 0 Å². The number of hydrogen-bond donors (Lipinski definition) is 0. The highest BCUT2D eigenvalue weighted by atomic mass is 19.2. The molecule has 1 heterocycles. The number of para-hydroxylation sites is 2. The molecule has 1 nitrogen and oxygen atoms in total. The van der Waals surface area contributed by atoms with Crippen LogP contribution in [0.3, 0.4) is 0 Å². The third-order valence-corrected chi connectivity index (χ3v) is 2.52. The summed E-state index contributed by atoms with van der Waals surface area (Å²) in [6.45, 7) is 4.00. The van der Waals surface area contributed by atoms with Crippen LogP contribution in [0.25, 0.3) is 21.8 Å². The average Bonchev–Trinajstić information content (AvgIpc) is 2.67. The van der Waals surface area contributed by atoms with E-state index in [-0.39, 0.29) is 0 Å². The lowest BCUT2D eigenvalue weighted by atomic mass is 10.2. The Balaban J connectivity index is 0.000000457. The molecule has 0 aliphatic heterocycles. The van der Waals surface area contributed by atoms with Gasteiger partial charge in [-0.3, -0.25) is 0 Å². The molecule has 0 unspecified atom stereocenters. The fraction of sp³-hybridized carbons (Fsp3) is 0.143. The predicted octanol–water partition coefficient (Wildman–Crippen LogP) is 4.55. The van der Waals surface area contributed by atoms with Crippen LogP contribution in [0.1, 0.15) is 13.8 Å². The second-order valence-corrected chi connectivity index (χ2v) is 3.32. The Morgan fingerprint density at radius 3 is 1.56 bits per heavy atom. The average molecular weight is 215 g/mol. The summed E-state index contributed by atoms with van der Waals surface area (Å²) in [5.74, 6) is 0. The Bertz CT molecular complexity index is 557. The van der Waals surface area contributed by atoms with Crippen molar-refractivity contribution in [3.05, 3.63) is 48.5 Å². The molecule has 0 aliphatic rings. The van der Waals surface area contributed by atoms with Gasteiger partial charge in [0.25, 0.3) is 0 Å². The molecule has 0 saturated heterocycles. The van der Waals surface area contributed by atoms with E-state index in [9.17, 15) is 4.48 Å². The van der Waals surface area contributed by atoms with Gasteiger partial charge in [-0.25, -0.2) is 0 Å². The molecule has 0 N–H and O–H groups in total. The summed E-state index contributed by atoms with van der Waals surface area (Å²) in [4.78, 5) is 0.741. The van der Waals surface area contributed by atoms with Gasteiger partial charge in [0.1, 0.15) is 0 Å². The maximum Gasteiger partial charge on any atom is 0.0826 e. The lowest BCUT2D eigenvalue weighted by Gasteiger charge is -1.90. The summed E-state index contributed by atoms with van der Waals surface area (Å²) in [6.07, 6.45) is 0. The van der Waals surface area contributed by atoms with E-state index in [0.29, 0.717) is 11.0 Å². The zero-order valence-electron chi connectivity index (χ0n) is 9.44. The van der Waals surface area contributed by atoms with E-state index in [1.54, 1.807) is 12.1 Å². The minimum Gasteiger partial charge on any atom is -0.179 e. The topological polar surface area (TPSA) is 4.93 Å². The van der Waals surface area contributed by atoms with Gasteiger partial charge in [0.05, 0.1) is 11.0 Å². The molecule has 0 atom stereocenters. The van der Waals surface area contributed by atoms with Crippen molar-refractivity contribution in [1.29, 1.82) is 0 Å². The summed E-state index contributed by atoms with van der Waals surface area (Å²) in [5, 5.41) is 1.93. The van der Waals surface area contributed by atoms with Crippen molar-refractivity contribution >= 4 is 21.8 Å². The van der Waals surface area contributed by atoms with Crippen LogP contribution >= 0.6 is 0 Å². The summed E-state index contributed by atoms with van der Waals surface area (Å²) in [6, 6.07) is 15.0. The van der Waals surface area contributed by atoms with Gasteiger partial charge in [-0.05, 0) is 12.1 Å². The molecule has 2 aromatic carbocycles. The zero-order valence-corrected chi connectivity index (χ0v) is 9.44. The van der Waals surface area contributed by atoms with Crippen molar-refractivity contribution in [1.82, 2.24) is 4.79 Å². The first kappa shape index (κ1) is 10.7. The Labute approximate surface area is 94.1 Å². The van der Waals surface area contributed by atoms with Crippen LogP contribution in [0, 0.1) is 0 Å². The molecule has 0 spiro atoms. The highest BCUT2D eigenvalue weighted by molar-refractivity contribution is 6.07. The smallest absolute Gasteiger partial charge is 0.0826 e. The third-order valence-electron chi connectivity index (χ3n) is 2.52. The van der Waals surface area contributed by atoms with E-state index in [0.717, 1.165) is 15.6 Å². The molecule has 82 valence electrons. The first-order chi connectivity index (χ1) is 7.88. The first-order valence-electron chi connectivity index (χ1n) is 5.52. The van der Waals surface area contributed by atoms with E-state index < -0.39 is 0 Å². The minimum atomic E-state index is 0.633. The Hall–Kier alpha value is -1.83. The molecule has 1 aromatic heterocycles. The SMILES string of the molecule is CC.Fn1c2ccccc2c2ccccc21. The van der Waals surface area contributed by atoms with E-state index in [1.165, 1.54) is 0 Å². The molecular formula is C14H14FN. The van der Waals surface area contributed by atoms with Crippen molar-refractivity contribution in [2.75, 3.05) is 0 Å². The van der Waals surface area contributed by atoms with E-state index in [2.05, 4.69) is 0 Å². The van der Waals surface area contributed by atoms with Gasteiger partial charge in [0.2, 0.25) is 0 Å². The molecule has 0 saturated carbocycles. The second kappa shape index (κ2) is 4.35. The van der Waals surface area contributed by atoms with Crippen molar-refractivity contribution in [3.8, 4) is 0 Å². The number of fused-ring (bicyclic) bond motifs is 3. The van der Waals surface area contributed by atoms with Crippen LogP contribution in [0.5, 0.6) is 0 Å². The van der Waals surface area contributed by atoms with Crippen LogP contribution in [-0.4, -0.2) is 4.79 Å². The number of nitrogens with zero attached hydrogens (tertiary/aromatic N) is 1. The Morgan fingerprint density at radius 1 is 0.750 bits per heavy atom. The largest absolute Gasteiger partial charge is 0.179 e. The first-order valence-corrected chi connectivity index (χ1v) is 5.52. The molecule has 0 radical (unpaired) electrons. The third kappa shape index (κ3) is 1.47. The zero-order chi connectivity index (χ0) is 11.5. The van der Waals surface area contributed by atoms with Crippen LogP contribution in [0.4, 0.5) is 4.48 Å². The molecule has 3 aromatic rings. The molecule has 0 aliphatic carbocycles. The highest BCUT2D eigenvalue weighted by Crippen LogP contribution is 2.28. The van der Waals surface area contributed by atoms with E-state index in [1.807, 2.05) is 50.2 Å². The summed E-state index contributed by atoms with van der Waals surface area (Å²) < 4.78 is 13.7. The molecule has 16 heavy (non-hydrogen) atoms. The lowest BCUT2D eigenvalue weighted by Crippen LogP contribution is -1.78. The van der Waals surface area contributed by atoms with Crippen LogP contribution in [0.2, 0.25) is 0 Å². The summed E-state index contributed by atoms with van der Waals surface area (Å²) >= 11 is 0. The number of benzene rings is 2. The highest BCUT2D eigenvalue weighted by Gasteiger charge is 2.07. The standard InChI is InChI=1S/C12H8FN.C2H6/c13-14-11-7-3-1-5-9(11)10-6-2-4-8-12(10)14;1-2/h1-8H;1-2H3. The Morgan fingerprint density at radius 2 is 1.12 bits per heavy atom. The molecular weight excluding hydrogens is 201 g/mol. The monoisotopic (exact) mass is 215 g/mol. The normalized spacial score (nSPS) is 10.2. The molecule has 2 heteroatoms. The van der Waals surface area contributed by atoms with Gasteiger partial charge in [-0.2, -0.15) is 4.79 Å². The quantitative estimate of drug-likeness (QED) is 0.518. The van der Waals surface area contributed by atoms with Gasteiger partial charge < -0.3 is 0 Å². The predicted molar refractivity (Wildman–Crippen MR) is 67.3 cm³/mol. The van der Waals surface area contributed by atoms with Gasteiger partial charge in [-0.15, -0.1) is 0 Å². The van der Waals surface area contributed by atoms with Crippen LogP contribution < -0.4 is 0 Å². The molecule has 0 fully saturated rings. The fourth-order valence-electron chi connectivity index (χ4n) is 1.87. The second-order valence-electron chi connectivity index (χ2n) is 3.32. The number of rotatable bonds is 0. The van der Waals surface area contributed by atoms with Gasteiger partial charge in [-0.1, -0.05) is 54.7 Å². The van der Waals surface area contributed by atoms with E-state index in [4.69, 9.17) is 0 Å². The summed E-state index contributed by atoms with van der Waals surface area (Å²) in [7, 11) is 0. The fourth-order valence-corrected chi connectivity index (χ4v) is 1.87. The van der Waals surface area contributed by atoms with Crippen molar-refractivity contribution in [2.24, 2.45) is 0 Å². The minimum absolute atomic E-state index is 0.633. The number of aromatic nitrogens is 1. The number of halogens is 1. The molecule has 3 rings (SSSR count). The van der Waals surface area contributed by atoms with Crippen LogP contribution in [-0.2, 0) is 0 Å². The number of hydrogen-bond acceptors (Lipinski definition) is 0. The Kier molecular flexibility index (Phi) is 2.91. The lowest BCUT2D eigenvalue weighted by molar-refractivity contribution is 0.405. The molecule has 0 bridgehead atoms. The molecule has 0 amide bonds. The summed E-state index contributed by atoms with van der Waals surface area (Å²) in [5.41, 5.74) is 1.27. The van der Waals surface area contributed by atoms with E-state index >= 15 is 0 Å². The van der Waals surface area contributed by atoms with Gasteiger partial charge in [0, 0.05) is 10.8 Å². The maximum absolute atomic E-state index is 13.7. The van der Waals surface area contributed by atoms with Gasteiger partial charge in [0.15, 0.2) is 0 Å². The van der Waals surface area contributed by atoms with Crippen molar-refractivity contribution in [3.63, 3.8) is 0 Å².